The molecule has 0 spiro atoms. The molecule has 3 atom stereocenters. The van der Waals surface area contributed by atoms with Crippen LogP contribution < -0.4 is 14.8 Å². The maximum atomic E-state index is 5.81. The minimum atomic E-state index is 0.233. The quantitative estimate of drug-likeness (QED) is 0.817. The van der Waals surface area contributed by atoms with E-state index in [0.29, 0.717) is 24.7 Å². The lowest BCUT2D eigenvalue weighted by molar-refractivity contribution is -0.112. The second-order valence-corrected chi connectivity index (χ2v) is 6.52. The molecule has 4 heteroatoms. The van der Waals surface area contributed by atoms with Crippen molar-refractivity contribution in [3.8, 4) is 11.5 Å². The van der Waals surface area contributed by atoms with Crippen molar-refractivity contribution in [2.24, 2.45) is 11.3 Å². The third-order valence-corrected chi connectivity index (χ3v) is 4.88. The summed E-state index contributed by atoms with van der Waals surface area (Å²) in [6.45, 7) is 7.02. The average molecular weight is 291 g/mol. The molecule has 2 fully saturated rings. The monoisotopic (exact) mass is 291 g/mol. The number of benzene rings is 1. The second-order valence-electron chi connectivity index (χ2n) is 6.52. The van der Waals surface area contributed by atoms with E-state index in [2.05, 4.69) is 19.2 Å². The van der Waals surface area contributed by atoms with Gasteiger partial charge in [0.25, 0.3) is 0 Å². The maximum absolute atomic E-state index is 5.81. The summed E-state index contributed by atoms with van der Waals surface area (Å²) < 4.78 is 16.8. The molecule has 3 rings (SSSR count). The average Bonchev–Trinajstić information content (AvgIpc) is 2.94. The smallest absolute Gasteiger partial charge is 0.123 e. The highest BCUT2D eigenvalue weighted by molar-refractivity contribution is 5.32. The highest BCUT2D eigenvalue weighted by Crippen LogP contribution is 2.51. The van der Waals surface area contributed by atoms with Crippen LogP contribution in [0.4, 0.5) is 0 Å². The Morgan fingerprint density at radius 2 is 2.14 bits per heavy atom. The predicted molar refractivity (Wildman–Crippen MR) is 81.9 cm³/mol. The molecule has 1 aliphatic heterocycles. The van der Waals surface area contributed by atoms with Gasteiger partial charge in [-0.3, -0.25) is 0 Å². The molecule has 1 aliphatic carbocycles. The Hall–Kier alpha value is -1.26. The summed E-state index contributed by atoms with van der Waals surface area (Å²) in [4.78, 5) is 0. The standard InChI is InChI=1S/C17H25NO3/c1-17(2)15(14-7-9-21-16(14)17)18-8-10-20-13-6-4-5-12(11-13)19-3/h4-6,11,14-16,18H,7-10H2,1-3H3/t14-,15+,16-/m0/s1. The number of hydrogen-bond donors (Lipinski definition) is 1. The third-order valence-electron chi connectivity index (χ3n) is 4.88. The number of rotatable bonds is 6. The van der Waals surface area contributed by atoms with Crippen LogP contribution in [0.1, 0.15) is 20.3 Å². The minimum absolute atomic E-state index is 0.233. The topological polar surface area (TPSA) is 39.7 Å². The van der Waals surface area contributed by atoms with Gasteiger partial charge in [0.1, 0.15) is 18.1 Å². The minimum Gasteiger partial charge on any atom is -0.497 e. The molecule has 2 aliphatic rings. The predicted octanol–water partition coefficient (Wildman–Crippen LogP) is 2.48. The van der Waals surface area contributed by atoms with Crippen molar-refractivity contribution in [1.82, 2.24) is 5.32 Å². The Labute approximate surface area is 126 Å². The molecule has 4 nitrogen and oxygen atoms in total. The lowest BCUT2D eigenvalue weighted by Crippen LogP contribution is -2.66. The number of nitrogens with one attached hydrogen (secondary N) is 1. The highest BCUT2D eigenvalue weighted by Gasteiger charge is 2.58. The molecule has 116 valence electrons. The van der Waals surface area contributed by atoms with Gasteiger partial charge in [-0.05, 0) is 18.6 Å². The van der Waals surface area contributed by atoms with Crippen LogP contribution in [-0.4, -0.2) is 39.0 Å². The van der Waals surface area contributed by atoms with E-state index >= 15 is 0 Å². The van der Waals surface area contributed by atoms with Crippen molar-refractivity contribution >= 4 is 0 Å². The first-order valence-electron chi connectivity index (χ1n) is 7.75. The normalized spacial score (nSPS) is 29.6. The van der Waals surface area contributed by atoms with E-state index in [1.807, 2.05) is 24.3 Å². The van der Waals surface area contributed by atoms with E-state index in [-0.39, 0.29) is 5.41 Å². The SMILES string of the molecule is COc1cccc(OCCN[C@@H]2[C@@H]3CCO[C@@H]3C2(C)C)c1. The zero-order valence-corrected chi connectivity index (χ0v) is 13.1. The molecule has 0 unspecified atom stereocenters. The second kappa shape index (κ2) is 5.85. The van der Waals surface area contributed by atoms with Crippen molar-refractivity contribution in [2.45, 2.75) is 32.4 Å². The Bertz CT molecular complexity index is 489. The molecule has 1 saturated heterocycles. The number of fused-ring (bicyclic) bond motifs is 1. The van der Waals surface area contributed by atoms with Gasteiger partial charge >= 0.3 is 0 Å². The third kappa shape index (κ3) is 2.74. The Kier molecular flexibility index (Phi) is 4.09. The molecule has 0 radical (unpaired) electrons. The van der Waals surface area contributed by atoms with E-state index in [4.69, 9.17) is 14.2 Å². The summed E-state index contributed by atoms with van der Waals surface area (Å²) >= 11 is 0. The zero-order valence-electron chi connectivity index (χ0n) is 13.1. The maximum Gasteiger partial charge on any atom is 0.123 e. The molecule has 1 heterocycles. The van der Waals surface area contributed by atoms with Crippen LogP contribution in [0.3, 0.4) is 0 Å². The van der Waals surface area contributed by atoms with Gasteiger partial charge in [0.05, 0.1) is 13.2 Å². The fraction of sp³-hybridized carbons (Fsp3) is 0.647. The van der Waals surface area contributed by atoms with E-state index < -0.39 is 0 Å². The van der Waals surface area contributed by atoms with Gasteiger partial charge in [-0.25, -0.2) is 0 Å². The van der Waals surface area contributed by atoms with Gasteiger partial charge in [-0.15, -0.1) is 0 Å². The Morgan fingerprint density at radius 1 is 1.33 bits per heavy atom. The summed E-state index contributed by atoms with van der Waals surface area (Å²) in [6.07, 6.45) is 1.62. The molecule has 1 aromatic rings. The van der Waals surface area contributed by atoms with Crippen LogP contribution in [0.5, 0.6) is 11.5 Å². The first kappa shape index (κ1) is 14.7. The van der Waals surface area contributed by atoms with Crippen LogP contribution in [0.2, 0.25) is 0 Å². The van der Waals surface area contributed by atoms with Crippen molar-refractivity contribution in [2.75, 3.05) is 26.9 Å². The first-order chi connectivity index (χ1) is 10.1. The van der Waals surface area contributed by atoms with E-state index in [9.17, 15) is 0 Å². The Balaban J connectivity index is 1.44. The summed E-state index contributed by atoms with van der Waals surface area (Å²) in [5.74, 6) is 2.36. The molecule has 0 aromatic heterocycles. The van der Waals surface area contributed by atoms with Gasteiger partial charge in [0, 0.05) is 36.6 Å². The summed E-state index contributed by atoms with van der Waals surface area (Å²) in [5.41, 5.74) is 0.233. The largest absolute Gasteiger partial charge is 0.497 e. The van der Waals surface area contributed by atoms with E-state index in [1.165, 1.54) is 6.42 Å². The molecule has 1 N–H and O–H groups in total. The van der Waals surface area contributed by atoms with Gasteiger partial charge in [0.2, 0.25) is 0 Å². The van der Waals surface area contributed by atoms with Crippen molar-refractivity contribution in [3.05, 3.63) is 24.3 Å². The van der Waals surface area contributed by atoms with Crippen LogP contribution in [0.25, 0.3) is 0 Å². The van der Waals surface area contributed by atoms with Crippen LogP contribution in [0.15, 0.2) is 24.3 Å². The fourth-order valence-corrected chi connectivity index (χ4v) is 3.81. The van der Waals surface area contributed by atoms with Crippen molar-refractivity contribution in [3.63, 3.8) is 0 Å². The van der Waals surface area contributed by atoms with Crippen molar-refractivity contribution < 1.29 is 14.2 Å². The number of hydrogen-bond acceptors (Lipinski definition) is 4. The van der Waals surface area contributed by atoms with Gasteiger partial charge < -0.3 is 19.5 Å². The number of ether oxygens (including phenoxy) is 3. The first-order valence-corrected chi connectivity index (χ1v) is 7.75. The van der Waals surface area contributed by atoms with Crippen LogP contribution in [-0.2, 0) is 4.74 Å². The summed E-state index contributed by atoms with van der Waals surface area (Å²) in [5, 5.41) is 3.64. The number of methoxy groups -OCH3 is 1. The fourth-order valence-electron chi connectivity index (χ4n) is 3.81. The molecular formula is C17H25NO3. The van der Waals surface area contributed by atoms with Crippen LogP contribution >= 0.6 is 0 Å². The van der Waals surface area contributed by atoms with E-state index in [1.54, 1.807) is 7.11 Å². The van der Waals surface area contributed by atoms with E-state index in [0.717, 1.165) is 24.7 Å². The lowest BCUT2D eigenvalue weighted by Gasteiger charge is -2.55. The summed E-state index contributed by atoms with van der Waals surface area (Å²) in [6, 6.07) is 8.27. The highest BCUT2D eigenvalue weighted by atomic mass is 16.5. The summed E-state index contributed by atoms with van der Waals surface area (Å²) in [7, 11) is 1.67. The van der Waals surface area contributed by atoms with Crippen molar-refractivity contribution in [1.29, 1.82) is 0 Å². The molecule has 21 heavy (non-hydrogen) atoms. The van der Waals surface area contributed by atoms with Gasteiger partial charge in [-0.2, -0.15) is 0 Å². The Morgan fingerprint density at radius 3 is 2.95 bits per heavy atom. The molecular weight excluding hydrogens is 266 g/mol. The molecule has 1 aromatic carbocycles. The molecule has 0 bridgehead atoms. The molecule has 0 amide bonds. The lowest BCUT2D eigenvalue weighted by atomic mass is 9.57. The van der Waals surface area contributed by atoms with Gasteiger partial charge in [-0.1, -0.05) is 19.9 Å². The molecule has 1 saturated carbocycles. The van der Waals surface area contributed by atoms with Crippen LogP contribution in [0, 0.1) is 11.3 Å². The zero-order chi connectivity index (χ0) is 14.9. The van der Waals surface area contributed by atoms with Gasteiger partial charge in [0.15, 0.2) is 0 Å².